The smallest absolute Gasteiger partial charge is 0.200 e. The van der Waals surface area contributed by atoms with Crippen LogP contribution in [0.15, 0.2) is 64.1 Å². The fourth-order valence-electron chi connectivity index (χ4n) is 2.79. The molecule has 21 heavy (non-hydrogen) atoms. The second-order valence-electron chi connectivity index (χ2n) is 5.17. The van der Waals surface area contributed by atoms with Gasteiger partial charge in [-0.2, -0.15) is 0 Å². The lowest BCUT2D eigenvalue weighted by Gasteiger charge is -2.02. The Balaban J connectivity index is 2.07. The number of fused-ring (bicyclic) bond motifs is 2. The van der Waals surface area contributed by atoms with Crippen LogP contribution < -0.4 is 5.43 Å². The molecule has 2 aromatic carbocycles. The summed E-state index contributed by atoms with van der Waals surface area (Å²) >= 11 is 0. The summed E-state index contributed by atoms with van der Waals surface area (Å²) in [6.45, 7) is 2.05. The molecule has 0 saturated carbocycles. The van der Waals surface area contributed by atoms with Gasteiger partial charge in [-0.05, 0) is 24.6 Å². The number of benzene rings is 2. The van der Waals surface area contributed by atoms with Crippen molar-refractivity contribution in [1.29, 1.82) is 0 Å². The van der Waals surface area contributed by atoms with Gasteiger partial charge in [-0.25, -0.2) is 0 Å². The minimum absolute atomic E-state index is 0.000689. The predicted octanol–water partition coefficient (Wildman–Crippen LogP) is 4.25. The van der Waals surface area contributed by atoms with Crippen molar-refractivity contribution in [2.45, 2.75) is 6.92 Å². The van der Waals surface area contributed by atoms with Gasteiger partial charge in [0.15, 0.2) is 0 Å². The Morgan fingerprint density at radius 3 is 2.67 bits per heavy atom. The number of aryl methyl sites for hydroxylation is 1. The van der Waals surface area contributed by atoms with Crippen molar-refractivity contribution >= 4 is 21.9 Å². The van der Waals surface area contributed by atoms with Crippen molar-refractivity contribution in [3.8, 4) is 11.1 Å². The molecule has 3 nitrogen and oxygen atoms in total. The van der Waals surface area contributed by atoms with E-state index in [2.05, 4.69) is 4.98 Å². The maximum absolute atomic E-state index is 12.7. The molecule has 0 atom stereocenters. The lowest BCUT2D eigenvalue weighted by Crippen LogP contribution is -2.04. The van der Waals surface area contributed by atoms with Gasteiger partial charge in [-0.15, -0.1) is 0 Å². The number of hydrogen-bond donors (Lipinski definition) is 1. The molecule has 0 aliphatic rings. The lowest BCUT2D eigenvalue weighted by atomic mass is 10.0. The normalized spacial score (nSPS) is 11.3. The third-order valence-corrected chi connectivity index (χ3v) is 3.89. The van der Waals surface area contributed by atoms with Gasteiger partial charge in [-0.3, -0.25) is 4.79 Å². The fraction of sp³-hybridized carbons (Fsp3) is 0.0556. The molecule has 0 aliphatic heterocycles. The molecule has 3 heteroatoms. The summed E-state index contributed by atoms with van der Waals surface area (Å²) in [5.41, 5.74) is 4.30. The van der Waals surface area contributed by atoms with Gasteiger partial charge >= 0.3 is 0 Å². The summed E-state index contributed by atoms with van der Waals surface area (Å²) in [4.78, 5) is 15.9. The van der Waals surface area contributed by atoms with Crippen molar-refractivity contribution in [3.63, 3.8) is 0 Å². The SMILES string of the molecule is Cc1cccc2c(-c3coc4ccccc4c3=O)c[nH]c12. The molecule has 102 valence electrons. The molecule has 0 radical (unpaired) electrons. The Bertz CT molecular complexity index is 1020. The Morgan fingerprint density at radius 1 is 0.952 bits per heavy atom. The minimum Gasteiger partial charge on any atom is -0.463 e. The second-order valence-corrected chi connectivity index (χ2v) is 5.17. The van der Waals surface area contributed by atoms with Crippen LogP contribution in [0.2, 0.25) is 0 Å². The first-order valence-corrected chi connectivity index (χ1v) is 6.83. The average molecular weight is 275 g/mol. The van der Waals surface area contributed by atoms with Gasteiger partial charge in [0.2, 0.25) is 5.43 Å². The van der Waals surface area contributed by atoms with Crippen LogP contribution in [0.3, 0.4) is 0 Å². The van der Waals surface area contributed by atoms with E-state index in [1.54, 1.807) is 18.4 Å². The Morgan fingerprint density at radius 2 is 1.76 bits per heavy atom. The summed E-state index contributed by atoms with van der Waals surface area (Å²) in [6, 6.07) is 13.4. The van der Waals surface area contributed by atoms with Gasteiger partial charge < -0.3 is 9.40 Å². The van der Waals surface area contributed by atoms with Gasteiger partial charge in [0.1, 0.15) is 11.8 Å². The number of para-hydroxylation sites is 2. The first-order chi connectivity index (χ1) is 10.3. The predicted molar refractivity (Wildman–Crippen MR) is 84.5 cm³/mol. The molecule has 4 aromatic rings. The number of hydrogen-bond acceptors (Lipinski definition) is 2. The zero-order valence-corrected chi connectivity index (χ0v) is 11.5. The monoisotopic (exact) mass is 275 g/mol. The van der Waals surface area contributed by atoms with Gasteiger partial charge in [0, 0.05) is 22.7 Å². The maximum Gasteiger partial charge on any atom is 0.200 e. The third kappa shape index (κ3) is 1.71. The standard InChI is InChI=1S/C18H13NO2/c1-11-5-4-7-12-14(9-19-17(11)12)15-10-21-16-8-3-2-6-13(16)18(15)20/h2-10,19H,1H3. The third-order valence-electron chi connectivity index (χ3n) is 3.89. The highest BCUT2D eigenvalue weighted by Crippen LogP contribution is 2.29. The van der Waals surface area contributed by atoms with Crippen LogP contribution in [0.4, 0.5) is 0 Å². The van der Waals surface area contributed by atoms with E-state index in [1.807, 2.05) is 43.5 Å². The van der Waals surface area contributed by atoms with Crippen molar-refractivity contribution in [2.24, 2.45) is 0 Å². The lowest BCUT2D eigenvalue weighted by molar-refractivity contribution is 0.604. The van der Waals surface area contributed by atoms with Crippen molar-refractivity contribution in [1.82, 2.24) is 4.98 Å². The van der Waals surface area contributed by atoms with Crippen LogP contribution in [-0.2, 0) is 0 Å². The van der Waals surface area contributed by atoms with E-state index in [-0.39, 0.29) is 5.43 Å². The molecule has 0 aliphatic carbocycles. The van der Waals surface area contributed by atoms with E-state index in [9.17, 15) is 4.79 Å². The highest BCUT2D eigenvalue weighted by atomic mass is 16.3. The van der Waals surface area contributed by atoms with Gasteiger partial charge in [0.25, 0.3) is 0 Å². The molecule has 0 spiro atoms. The van der Waals surface area contributed by atoms with Crippen molar-refractivity contribution < 1.29 is 4.42 Å². The summed E-state index contributed by atoms with van der Waals surface area (Å²) < 4.78 is 5.61. The molecule has 0 bridgehead atoms. The van der Waals surface area contributed by atoms with E-state index in [4.69, 9.17) is 4.42 Å². The number of aromatic amines is 1. The van der Waals surface area contributed by atoms with E-state index in [0.29, 0.717) is 16.5 Å². The van der Waals surface area contributed by atoms with Crippen LogP contribution >= 0.6 is 0 Å². The topological polar surface area (TPSA) is 46.0 Å². The maximum atomic E-state index is 12.7. The van der Waals surface area contributed by atoms with Gasteiger partial charge in [0.05, 0.1) is 10.9 Å². The molecule has 4 rings (SSSR count). The first-order valence-electron chi connectivity index (χ1n) is 6.83. The van der Waals surface area contributed by atoms with E-state index < -0.39 is 0 Å². The zero-order chi connectivity index (χ0) is 14.4. The highest BCUT2D eigenvalue weighted by molar-refractivity contribution is 5.98. The van der Waals surface area contributed by atoms with Gasteiger partial charge in [-0.1, -0.05) is 30.3 Å². The largest absolute Gasteiger partial charge is 0.463 e. The summed E-state index contributed by atoms with van der Waals surface area (Å²) in [7, 11) is 0. The molecule has 0 unspecified atom stereocenters. The van der Waals surface area contributed by atoms with E-state index in [0.717, 1.165) is 22.0 Å². The number of H-pyrrole nitrogens is 1. The minimum atomic E-state index is -0.000689. The Hall–Kier alpha value is -2.81. The number of nitrogens with one attached hydrogen (secondary N) is 1. The first kappa shape index (κ1) is 12.0. The molecule has 2 aromatic heterocycles. The zero-order valence-electron chi connectivity index (χ0n) is 11.5. The molecular formula is C18H13NO2. The van der Waals surface area contributed by atoms with Crippen LogP contribution in [-0.4, -0.2) is 4.98 Å². The molecule has 0 amide bonds. The molecule has 0 fully saturated rings. The van der Waals surface area contributed by atoms with Crippen molar-refractivity contribution in [3.05, 3.63) is 70.7 Å². The van der Waals surface area contributed by atoms with E-state index in [1.165, 1.54) is 0 Å². The summed E-state index contributed by atoms with van der Waals surface area (Å²) in [6.07, 6.45) is 3.42. The molecule has 2 heterocycles. The Kier molecular flexibility index (Phi) is 2.48. The quantitative estimate of drug-likeness (QED) is 0.564. The summed E-state index contributed by atoms with van der Waals surface area (Å²) in [5.74, 6) is 0. The molecular weight excluding hydrogens is 262 g/mol. The van der Waals surface area contributed by atoms with Crippen LogP contribution in [0.1, 0.15) is 5.56 Å². The summed E-state index contributed by atoms with van der Waals surface area (Å²) in [5, 5.41) is 1.65. The fourth-order valence-corrected chi connectivity index (χ4v) is 2.79. The average Bonchev–Trinajstić information content (AvgIpc) is 2.93. The van der Waals surface area contributed by atoms with Crippen molar-refractivity contribution in [2.75, 3.05) is 0 Å². The Labute approximate surface area is 120 Å². The number of rotatable bonds is 1. The number of aromatic nitrogens is 1. The van der Waals surface area contributed by atoms with E-state index >= 15 is 0 Å². The van der Waals surface area contributed by atoms with Crippen LogP contribution in [0.25, 0.3) is 33.0 Å². The van der Waals surface area contributed by atoms with Crippen LogP contribution in [0, 0.1) is 6.92 Å². The van der Waals surface area contributed by atoms with Crippen LogP contribution in [0.5, 0.6) is 0 Å². The highest BCUT2D eigenvalue weighted by Gasteiger charge is 2.13. The molecule has 0 saturated heterocycles. The molecule has 1 N–H and O–H groups in total. The second kappa shape index (κ2) is 4.35.